The van der Waals surface area contributed by atoms with Gasteiger partial charge < -0.3 is 14.6 Å². The molecule has 0 radical (unpaired) electrons. The van der Waals surface area contributed by atoms with Crippen molar-refractivity contribution in [3.63, 3.8) is 0 Å². The van der Waals surface area contributed by atoms with Crippen LogP contribution in [0.5, 0.6) is 5.75 Å². The lowest BCUT2D eigenvalue weighted by Gasteiger charge is -2.16. The molecule has 0 aliphatic heterocycles. The highest BCUT2D eigenvalue weighted by atomic mass is 32.2. The number of likely N-dealkylation sites (N-methyl/N-ethyl adjacent to an activating group) is 1. The summed E-state index contributed by atoms with van der Waals surface area (Å²) in [7, 11) is -0.906. The van der Waals surface area contributed by atoms with Crippen molar-refractivity contribution in [1.82, 2.24) is 14.8 Å². The van der Waals surface area contributed by atoms with E-state index in [-0.39, 0.29) is 22.9 Å². The molecule has 0 bridgehead atoms. The van der Waals surface area contributed by atoms with Crippen LogP contribution in [0, 0.1) is 13.8 Å². The van der Waals surface area contributed by atoms with E-state index in [4.69, 9.17) is 9.26 Å². The monoisotopic (exact) mass is 381 g/mol. The molecule has 1 aromatic heterocycles. The predicted molar refractivity (Wildman–Crippen MR) is 95.5 cm³/mol. The summed E-state index contributed by atoms with van der Waals surface area (Å²) in [5.41, 5.74) is 1.23. The summed E-state index contributed by atoms with van der Waals surface area (Å²) in [5.74, 6) is 0.559. The molecule has 0 unspecified atom stereocenters. The number of carbonyl (C=O) groups is 1. The highest BCUT2D eigenvalue weighted by molar-refractivity contribution is 7.89. The number of benzene rings is 1. The van der Waals surface area contributed by atoms with Gasteiger partial charge >= 0.3 is 0 Å². The fourth-order valence-electron chi connectivity index (χ4n) is 2.59. The summed E-state index contributed by atoms with van der Waals surface area (Å²) in [4.78, 5) is 12.1. The third kappa shape index (κ3) is 4.41. The van der Waals surface area contributed by atoms with Crippen LogP contribution in [0.25, 0.3) is 0 Å². The molecule has 9 heteroatoms. The zero-order valence-corrected chi connectivity index (χ0v) is 16.1. The zero-order valence-electron chi connectivity index (χ0n) is 15.3. The van der Waals surface area contributed by atoms with Gasteiger partial charge in [-0.3, -0.25) is 4.79 Å². The van der Waals surface area contributed by atoms with Gasteiger partial charge in [-0.05, 0) is 31.9 Å². The van der Waals surface area contributed by atoms with Crippen molar-refractivity contribution in [2.75, 3.05) is 27.2 Å². The topological polar surface area (TPSA) is 102 Å². The van der Waals surface area contributed by atoms with Crippen molar-refractivity contribution in [2.45, 2.75) is 25.2 Å². The lowest BCUT2D eigenvalue weighted by Crippen LogP contribution is -2.39. The van der Waals surface area contributed by atoms with E-state index in [0.717, 1.165) is 15.6 Å². The molecule has 2 aromatic rings. The van der Waals surface area contributed by atoms with E-state index in [1.807, 2.05) is 24.3 Å². The molecule has 26 heavy (non-hydrogen) atoms. The molecule has 1 heterocycles. The summed E-state index contributed by atoms with van der Waals surface area (Å²) < 4.78 is 36.3. The van der Waals surface area contributed by atoms with Crippen molar-refractivity contribution in [2.24, 2.45) is 0 Å². The van der Waals surface area contributed by atoms with E-state index in [9.17, 15) is 13.2 Å². The van der Waals surface area contributed by atoms with E-state index in [2.05, 4.69) is 10.5 Å². The van der Waals surface area contributed by atoms with Gasteiger partial charge in [0.15, 0.2) is 5.76 Å². The van der Waals surface area contributed by atoms with E-state index in [0.29, 0.717) is 13.0 Å². The molecule has 1 N–H and O–H groups in total. The lowest BCUT2D eigenvalue weighted by molar-refractivity contribution is -0.121. The first kappa shape index (κ1) is 19.9. The Kier molecular flexibility index (Phi) is 6.38. The Labute approximate surface area is 153 Å². The maximum absolute atomic E-state index is 12.6. The fraction of sp³-hybridized carbons (Fsp3) is 0.412. The number of rotatable bonds is 8. The first-order valence-electron chi connectivity index (χ1n) is 8.05. The molecule has 0 fully saturated rings. The third-order valence-electron chi connectivity index (χ3n) is 3.91. The van der Waals surface area contributed by atoms with Gasteiger partial charge in [-0.1, -0.05) is 23.4 Å². The van der Waals surface area contributed by atoms with E-state index >= 15 is 0 Å². The lowest BCUT2D eigenvalue weighted by atomic mass is 10.1. The van der Waals surface area contributed by atoms with Gasteiger partial charge in [0.1, 0.15) is 16.3 Å². The number of nitrogens with one attached hydrogen (secondary N) is 1. The van der Waals surface area contributed by atoms with Crippen LogP contribution in [0.1, 0.15) is 17.0 Å². The first-order valence-corrected chi connectivity index (χ1v) is 9.49. The number of para-hydroxylation sites is 1. The van der Waals surface area contributed by atoms with E-state index in [1.165, 1.54) is 14.0 Å². The van der Waals surface area contributed by atoms with Gasteiger partial charge in [0.25, 0.3) is 0 Å². The van der Waals surface area contributed by atoms with Crippen LogP contribution in [0.15, 0.2) is 33.7 Å². The number of amides is 1. The fourth-order valence-corrected chi connectivity index (χ4v) is 4.00. The number of hydrogen-bond donors (Lipinski definition) is 1. The Bertz CT molecular complexity index is 857. The molecule has 2 rings (SSSR count). The highest BCUT2D eigenvalue weighted by Crippen LogP contribution is 2.22. The Morgan fingerprint density at radius 3 is 2.62 bits per heavy atom. The molecule has 0 spiro atoms. The van der Waals surface area contributed by atoms with Crippen LogP contribution in [0.3, 0.4) is 0 Å². The van der Waals surface area contributed by atoms with Crippen LogP contribution in [-0.2, 0) is 21.2 Å². The minimum Gasteiger partial charge on any atom is -0.496 e. The molecule has 0 aliphatic carbocycles. The van der Waals surface area contributed by atoms with Crippen molar-refractivity contribution in [3.05, 3.63) is 41.3 Å². The average Bonchev–Trinajstić information content (AvgIpc) is 2.94. The van der Waals surface area contributed by atoms with Crippen molar-refractivity contribution >= 4 is 15.9 Å². The average molecular weight is 381 g/mol. The molecule has 1 amide bonds. The smallest absolute Gasteiger partial charge is 0.248 e. The molecule has 0 saturated heterocycles. The van der Waals surface area contributed by atoms with Gasteiger partial charge in [0.2, 0.25) is 15.9 Å². The summed E-state index contributed by atoms with van der Waals surface area (Å²) >= 11 is 0. The quantitative estimate of drug-likeness (QED) is 0.739. The van der Waals surface area contributed by atoms with Gasteiger partial charge in [-0.25, -0.2) is 8.42 Å². The number of sulfonamides is 1. The van der Waals surface area contributed by atoms with Crippen LogP contribution in [0.4, 0.5) is 0 Å². The van der Waals surface area contributed by atoms with E-state index < -0.39 is 15.9 Å². The van der Waals surface area contributed by atoms with Crippen LogP contribution in [0.2, 0.25) is 0 Å². The summed E-state index contributed by atoms with van der Waals surface area (Å²) in [5, 5.41) is 6.37. The van der Waals surface area contributed by atoms with Crippen molar-refractivity contribution in [3.8, 4) is 5.75 Å². The maximum Gasteiger partial charge on any atom is 0.248 e. The second-order valence-corrected chi connectivity index (χ2v) is 7.81. The molecule has 1 aromatic carbocycles. The predicted octanol–water partition coefficient (Wildman–Crippen LogP) is 1.28. The maximum atomic E-state index is 12.6. The van der Waals surface area contributed by atoms with Gasteiger partial charge in [0, 0.05) is 13.6 Å². The molecular formula is C17H23N3O5S. The normalized spacial score (nSPS) is 11.6. The number of hydrogen-bond acceptors (Lipinski definition) is 6. The Balaban J connectivity index is 1.93. The Hall–Kier alpha value is -2.39. The molecule has 0 saturated carbocycles. The minimum atomic E-state index is -3.84. The number of ether oxygens (including phenoxy) is 1. The minimum absolute atomic E-state index is 0.00169. The first-order chi connectivity index (χ1) is 12.3. The van der Waals surface area contributed by atoms with Gasteiger partial charge in [-0.15, -0.1) is 0 Å². The number of aromatic nitrogens is 1. The number of nitrogens with zero attached hydrogens (tertiary/aromatic N) is 2. The number of aryl methyl sites for hydroxylation is 2. The molecule has 8 nitrogen and oxygen atoms in total. The van der Waals surface area contributed by atoms with Crippen LogP contribution >= 0.6 is 0 Å². The van der Waals surface area contributed by atoms with E-state index in [1.54, 1.807) is 14.0 Å². The summed E-state index contributed by atoms with van der Waals surface area (Å²) in [6.45, 7) is 3.15. The van der Waals surface area contributed by atoms with Crippen LogP contribution in [-0.4, -0.2) is 51.0 Å². The largest absolute Gasteiger partial charge is 0.496 e. The Morgan fingerprint density at radius 1 is 1.31 bits per heavy atom. The standard InChI is InChI=1S/C17H23N3O5S/c1-12-17(13(2)25-19-12)26(22,23)20(3)11-16(21)18-10-9-14-7-5-6-8-15(14)24-4/h5-8H,9-11H2,1-4H3,(H,18,21). The van der Waals surface area contributed by atoms with Crippen molar-refractivity contribution < 1.29 is 22.5 Å². The summed E-state index contributed by atoms with van der Waals surface area (Å²) in [6.07, 6.45) is 0.579. The number of methoxy groups -OCH3 is 1. The molecule has 0 atom stereocenters. The third-order valence-corrected chi connectivity index (χ3v) is 5.96. The molecular weight excluding hydrogens is 358 g/mol. The van der Waals surface area contributed by atoms with Crippen molar-refractivity contribution in [1.29, 1.82) is 0 Å². The highest BCUT2D eigenvalue weighted by Gasteiger charge is 2.29. The zero-order chi connectivity index (χ0) is 19.3. The second-order valence-electron chi connectivity index (χ2n) is 5.83. The number of carbonyl (C=O) groups excluding carboxylic acids is 1. The Morgan fingerprint density at radius 2 is 2.00 bits per heavy atom. The molecule has 0 aliphatic rings. The SMILES string of the molecule is COc1ccccc1CCNC(=O)CN(C)S(=O)(=O)c1c(C)noc1C. The van der Waals surface area contributed by atoms with Gasteiger partial charge in [-0.2, -0.15) is 4.31 Å². The van der Waals surface area contributed by atoms with Crippen LogP contribution < -0.4 is 10.1 Å². The summed E-state index contributed by atoms with van der Waals surface area (Å²) in [6, 6.07) is 7.53. The van der Waals surface area contributed by atoms with Gasteiger partial charge in [0.05, 0.1) is 13.7 Å². The molecule has 142 valence electrons. The second kappa shape index (κ2) is 8.33.